The second kappa shape index (κ2) is 51.0. The van der Waals surface area contributed by atoms with Crippen molar-refractivity contribution in [3.8, 4) is 0 Å². The molecule has 0 amide bonds. The first-order chi connectivity index (χ1) is 31.0. The van der Waals surface area contributed by atoms with Crippen LogP contribution in [0, 0.1) is 0 Å². The molecule has 0 aromatic heterocycles. The maximum atomic E-state index is 12.8. The number of carbonyl (C=O) groups excluding carboxylic acids is 3. The molecule has 0 N–H and O–H groups in total. The maximum Gasteiger partial charge on any atom is 0.306 e. The van der Waals surface area contributed by atoms with Crippen LogP contribution in [0.4, 0.5) is 0 Å². The lowest BCUT2D eigenvalue weighted by Gasteiger charge is -2.18. The van der Waals surface area contributed by atoms with Gasteiger partial charge in [0, 0.05) is 19.3 Å². The van der Waals surface area contributed by atoms with Crippen LogP contribution in [0.3, 0.4) is 0 Å². The molecule has 1 atom stereocenters. The highest BCUT2D eigenvalue weighted by Gasteiger charge is 2.19. The third kappa shape index (κ3) is 49.2. The Bertz CT molecular complexity index is 1280. The van der Waals surface area contributed by atoms with E-state index in [1.807, 2.05) is 0 Å². The molecule has 0 fully saturated rings. The van der Waals surface area contributed by atoms with Crippen molar-refractivity contribution in [1.29, 1.82) is 0 Å². The zero-order valence-electron chi connectivity index (χ0n) is 40.8. The summed E-state index contributed by atoms with van der Waals surface area (Å²) in [6, 6.07) is 0. The van der Waals surface area contributed by atoms with Gasteiger partial charge < -0.3 is 14.2 Å². The number of ether oxygens (including phenoxy) is 3. The van der Waals surface area contributed by atoms with Crippen LogP contribution in [-0.2, 0) is 28.6 Å². The molecule has 0 radical (unpaired) electrons. The third-order valence-corrected chi connectivity index (χ3v) is 10.7. The van der Waals surface area contributed by atoms with Crippen molar-refractivity contribution in [3.05, 3.63) is 97.2 Å². The van der Waals surface area contributed by atoms with Crippen LogP contribution >= 0.6 is 0 Å². The van der Waals surface area contributed by atoms with Gasteiger partial charge in [-0.2, -0.15) is 0 Å². The summed E-state index contributed by atoms with van der Waals surface area (Å²) in [5.74, 6) is -0.944. The van der Waals surface area contributed by atoms with Gasteiger partial charge in [-0.05, 0) is 83.5 Å². The minimum absolute atomic E-state index is 0.0956. The van der Waals surface area contributed by atoms with Crippen molar-refractivity contribution >= 4 is 17.9 Å². The van der Waals surface area contributed by atoms with E-state index < -0.39 is 6.10 Å². The Morgan fingerprint density at radius 1 is 0.333 bits per heavy atom. The van der Waals surface area contributed by atoms with Gasteiger partial charge >= 0.3 is 17.9 Å². The molecule has 0 aliphatic heterocycles. The average Bonchev–Trinajstić information content (AvgIpc) is 3.28. The van der Waals surface area contributed by atoms with Gasteiger partial charge in [0.05, 0.1) is 0 Å². The van der Waals surface area contributed by atoms with Crippen molar-refractivity contribution in [3.63, 3.8) is 0 Å². The molecule has 0 saturated carbocycles. The molecule has 0 heterocycles. The lowest BCUT2D eigenvalue weighted by Crippen LogP contribution is -2.30. The van der Waals surface area contributed by atoms with E-state index >= 15 is 0 Å². The number of hydrogen-bond donors (Lipinski definition) is 0. The Morgan fingerprint density at radius 3 is 0.968 bits per heavy atom. The molecule has 0 rings (SSSR count). The first kappa shape index (κ1) is 59.3. The van der Waals surface area contributed by atoms with E-state index in [1.165, 1.54) is 77.0 Å². The smallest absolute Gasteiger partial charge is 0.306 e. The molecule has 6 heteroatoms. The summed E-state index contributed by atoms with van der Waals surface area (Å²) in [6.07, 6.45) is 66.8. The highest BCUT2D eigenvalue weighted by atomic mass is 16.6. The van der Waals surface area contributed by atoms with E-state index in [0.29, 0.717) is 19.3 Å². The zero-order valence-corrected chi connectivity index (χ0v) is 40.8. The normalized spacial score (nSPS) is 12.9. The van der Waals surface area contributed by atoms with Gasteiger partial charge in [-0.15, -0.1) is 0 Å². The van der Waals surface area contributed by atoms with Gasteiger partial charge in [0.15, 0.2) is 6.10 Å². The van der Waals surface area contributed by atoms with E-state index in [9.17, 15) is 14.4 Å². The Morgan fingerprint density at radius 2 is 0.619 bits per heavy atom. The molecule has 0 bridgehead atoms. The molecule has 0 aromatic carbocycles. The van der Waals surface area contributed by atoms with E-state index in [0.717, 1.165) is 109 Å². The van der Waals surface area contributed by atoms with Crippen molar-refractivity contribution in [1.82, 2.24) is 0 Å². The van der Waals surface area contributed by atoms with E-state index in [1.54, 1.807) is 0 Å². The fourth-order valence-corrected chi connectivity index (χ4v) is 6.84. The number of carbonyl (C=O) groups is 3. The minimum atomic E-state index is -0.798. The fourth-order valence-electron chi connectivity index (χ4n) is 6.84. The monoisotopic (exact) mass is 875 g/mol. The highest BCUT2D eigenvalue weighted by Crippen LogP contribution is 2.14. The number of unbranched alkanes of at least 4 members (excludes halogenated alkanes) is 23. The topological polar surface area (TPSA) is 78.9 Å². The molecule has 0 saturated heterocycles. The molecule has 0 aliphatic carbocycles. The van der Waals surface area contributed by atoms with Gasteiger partial charge in [-0.3, -0.25) is 14.4 Å². The van der Waals surface area contributed by atoms with Gasteiger partial charge in [0.25, 0.3) is 0 Å². The number of esters is 3. The molecule has 1 unspecified atom stereocenters. The van der Waals surface area contributed by atoms with Crippen LogP contribution in [-0.4, -0.2) is 37.2 Å². The number of allylic oxidation sites excluding steroid dienone is 16. The largest absolute Gasteiger partial charge is 0.462 e. The Hall–Kier alpha value is -3.67. The summed E-state index contributed by atoms with van der Waals surface area (Å²) < 4.78 is 16.8. The summed E-state index contributed by atoms with van der Waals surface area (Å²) in [5, 5.41) is 0. The predicted octanol–water partition coefficient (Wildman–Crippen LogP) is 17.0. The standard InChI is InChI=1S/C57H94O6/c1-4-7-10-13-16-19-22-25-26-27-28-29-30-33-35-38-41-44-47-50-56(59)62-53-54(63-57(60)51-48-45-42-39-36-32-24-21-18-15-12-9-6-3)52-61-55(58)49-46-43-40-37-34-31-23-20-17-14-11-8-5-2/h8-9,11-12,14-25,54H,4-7,10,13,26-53H2,1-3H3/b11-8-,12-9-,17-14-,18-15-,19-16-,23-20-,24-21-,25-22-. The van der Waals surface area contributed by atoms with Crippen LogP contribution in [0.2, 0.25) is 0 Å². The van der Waals surface area contributed by atoms with Crippen LogP contribution < -0.4 is 0 Å². The van der Waals surface area contributed by atoms with E-state index in [-0.39, 0.29) is 31.1 Å². The van der Waals surface area contributed by atoms with Crippen molar-refractivity contribution in [2.24, 2.45) is 0 Å². The lowest BCUT2D eigenvalue weighted by atomic mass is 10.1. The molecule has 63 heavy (non-hydrogen) atoms. The Kier molecular flexibility index (Phi) is 48.0. The van der Waals surface area contributed by atoms with Crippen LogP contribution in [0.1, 0.15) is 226 Å². The summed E-state index contributed by atoms with van der Waals surface area (Å²) >= 11 is 0. The van der Waals surface area contributed by atoms with Crippen molar-refractivity contribution in [2.75, 3.05) is 13.2 Å². The molecular formula is C57H94O6. The summed E-state index contributed by atoms with van der Waals surface area (Å²) in [6.45, 7) is 6.30. The quantitative estimate of drug-likeness (QED) is 0.0262. The Labute approximate surface area is 387 Å². The van der Waals surface area contributed by atoms with E-state index in [2.05, 4.69) is 118 Å². The first-order valence-electron chi connectivity index (χ1n) is 25.8. The fraction of sp³-hybridized carbons (Fsp3) is 0.667. The zero-order chi connectivity index (χ0) is 45.8. The van der Waals surface area contributed by atoms with Crippen LogP contribution in [0.5, 0.6) is 0 Å². The summed E-state index contributed by atoms with van der Waals surface area (Å²) in [5.41, 5.74) is 0. The summed E-state index contributed by atoms with van der Waals surface area (Å²) in [4.78, 5) is 38.0. The van der Waals surface area contributed by atoms with Crippen LogP contribution in [0.15, 0.2) is 97.2 Å². The van der Waals surface area contributed by atoms with Gasteiger partial charge in [-0.1, -0.05) is 221 Å². The minimum Gasteiger partial charge on any atom is -0.462 e. The molecule has 6 nitrogen and oxygen atoms in total. The van der Waals surface area contributed by atoms with Crippen LogP contribution in [0.25, 0.3) is 0 Å². The molecule has 0 aliphatic rings. The Balaban J connectivity index is 4.40. The average molecular weight is 875 g/mol. The van der Waals surface area contributed by atoms with Crippen molar-refractivity contribution < 1.29 is 28.6 Å². The molecule has 0 spiro atoms. The van der Waals surface area contributed by atoms with Gasteiger partial charge in [0.1, 0.15) is 13.2 Å². The van der Waals surface area contributed by atoms with Gasteiger partial charge in [0.2, 0.25) is 0 Å². The second-order valence-corrected chi connectivity index (χ2v) is 16.8. The highest BCUT2D eigenvalue weighted by molar-refractivity contribution is 5.71. The van der Waals surface area contributed by atoms with E-state index in [4.69, 9.17) is 14.2 Å². The number of hydrogen-bond acceptors (Lipinski definition) is 6. The predicted molar refractivity (Wildman–Crippen MR) is 270 cm³/mol. The lowest BCUT2D eigenvalue weighted by molar-refractivity contribution is -0.167. The first-order valence-corrected chi connectivity index (χ1v) is 25.8. The third-order valence-electron chi connectivity index (χ3n) is 10.7. The van der Waals surface area contributed by atoms with Gasteiger partial charge in [-0.25, -0.2) is 0 Å². The molecule has 0 aromatic rings. The molecular weight excluding hydrogens is 781 g/mol. The van der Waals surface area contributed by atoms with Crippen molar-refractivity contribution in [2.45, 2.75) is 232 Å². The molecule has 358 valence electrons. The second-order valence-electron chi connectivity index (χ2n) is 16.8. The SMILES string of the molecule is CC\C=C/C=C\C=C/CCCCCCCC(=O)OCC(COC(=O)CCCCCCCCCCCC/C=C\C=C/CCCCC)OC(=O)CCCCCCC\C=C/C=C\C=C/CC. The maximum absolute atomic E-state index is 12.8. The summed E-state index contributed by atoms with van der Waals surface area (Å²) in [7, 11) is 0. The number of rotatable bonds is 45.